The molecular formula is C28H20F3N3O3S. The summed E-state index contributed by atoms with van der Waals surface area (Å²) in [6.45, 7) is -1.25. The third-order valence-electron chi connectivity index (χ3n) is 5.89. The molecule has 3 aromatic carbocycles. The van der Waals surface area contributed by atoms with Crippen molar-refractivity contribution >= 4 is 29.0 Å². The van der Waals surface area contributed by atoms with Gasteiger partial charge in [-0.25, -0.2) is 9.38 Å². The van der Waals surface area contributed by atoms with E-state index in [1.165, 1.54) is 41.0 Å². The molecule has 192 valence electrons. The molecule has 0 bridgehead atoms. The largest absolute Gasteiger partial charge is 0.435 e. The molecule has 0 radical (unpaired) electrons. The normalized spacial score (nSPS) is 15.3. The van der Waals surface area contributed by atoms with Gasteiger partial charge in [0, 0.05) is 5.69 Å². The van der Waals surface area contributed by atoms with Crippen molar-refractivity contribution in [3.63, 3.8) is 0 Å². The molecule has 10 heteroatoms. The Hall–Kier alpha value is -4.44. The van der Waals surface area contributed by atoms with Crippen LogP contribution in [0.2, 0.25) is 0 Å². The first-order valence-electron chi connectivity index (χ1n) is 11.5. The molecule has 0 fully saturated rings. The molecule has 2 heterocycles. The summed E-state index contributed by atoms with van der Waals surface area (Å²) < 4.78 is 44.8. The van der Waals surface area contributed by atoms with Crippen molar-refractivity contribution < 1.29 is 22.7 Å². The zero-order chi connectivity index (χ0) is 26.8. The van der Waals surface area contributed by atoms with E-state index in [2.05, 4.69) is 15.0 Å². The van der Waals surface area contributed by atoms with Gasteiger partial charge < -0.3 is 10.1 Å². The molecule has 1 aromatic heterocycles. The number of benzene rings is 3. The van der Waals surface area contributed by atoms with Crippen molar-refractivity contribution in [2.75, 3.05) is 5.32 Å². The van der Waals surface area contributed by atoms with Gasteiger partial charge in [-0.2, -0.15) is 8.78 Å². The fourth-order valence-electron chi connectivity index (χ4n) is 4.19. The Balaban J connectivity index is 1.61. The number of carbonyl (C=O) groups is 1. The van der Waals surface area contributed by atoms with Crippen LogP contribution in [-0.4, -0.2) is 17.1 Å². The Morgan fingerprint density at radius 2 is 1.74 bits per heavy atom. The third-order valence-corrected chi connectivity index (χ3v) is 6.87. The fraction of sp³-hybridized carbons (Fsp3) is 0.107. The first kappa shape index (κ1) is 25.2. The molecule has 1 aliphatic heterocycles. The molecule has 1 atom stereocenters. The number of carbonyl (C=O) groups excluding carboxylic acids is 1. The van der Waals surface area contributed by atoms with Gasteiger partial charge in [-0.3, -0.25) is 14.2 Å². The number of nitrogens with zero attached hydrogens (tertiary/aromatic N) is 2. The van der Waals surface area contributed by atoms with Crippen LogP contribution in [0.15, 0.2) is 99.9 Å². The third kappa shape index (κ3) is 5.16. The number of ether oxygens (including phenoxy) is 1. The number of amides is 1. The van der Waals surface area contributed by atoms with E-state index in [9.17, 15) is 22.8 Å². The lowest BCUT2D eigenvalue weighted by Gasteiger charge is -2.25. The average Bonchev–Trinajstić information content (AvgIpc) is 3.19. The highest BCUT2D eigenvalue weighted by Gasteiger charge is 2.32. The maximum Gasteiger partial charge on any atom is 0.387 e. The number of allylic oxidation sites excluding steroid dienone is 1. The number of hydrogen-bond donors (Lipinski definition) is 1. The number of anilines is 1. The average molecular weight is 536 g/mol. The lowest BCUT2D eigenvalue weighted by molar-refractivity contribution is -0.113. The second kappa shape index (κ2) is 10.5. The summed E-state index contributed by atoms with van der Waals surface area (Å²) in [7, 11) is 0. The van der Waals surface area contributed by atoms with Crippen LogP contribution >= 0.6 is 11.3 Å². The van der Waals surface area contributed by atoms with Gasteiger partial charge in [0.15, 0.2) is 4.80 Å². The Labute approximate surface area is 218 Å². The smallest absolute Gasteiger partial charge is 0.387 e. The van der Waals surface area contributed by atoms with Gasteiger partial charge in [0.25, 0.3) is 11.5 Å². The summed E-state index contributed by atoms with van der Waals surface area (Å²) in [5.41, 5.74) is 2.00. The molecule has 4 aromatic rings. The van der Waals surface area contributed by atoms with Gasteiger partial charge in [0.05, 0.1) is 21.8 Å². The summed E-state index contributed by atoms with van der Waals surface area (Å²) in [5.74, 6) is -0.883. The first-order chi connectivity index (χ1) is 18.3. The zero-order valence-electron chi connectivity index (χ0n) is 19.9. The molecule has 6 nitrogen and oxygen atoms in total. The molecule has 0 spiro atoms. The highest BCUT2D eigenvalue weighted by atomic mass is 32.1. The van der Waals surface area contributed by atoms with E-state index >= 15 is 0 Å². The van der Waals surface area contributed by atoms with Crippen LogP contribution in [0.4, 0.5) is 18.9 Å². The van der Waals surface area contributed by atoms with Crippen molar-refractivity contribution in [3.05, 3.63) is 127 Å². The van der Waals surface area contributed by atoms with Crippen LogP contribution in [0.5, 0.6) is 5.75 Å². The van der Waals surface area contributed by atoms with E-state index in [0.717, 1.165) is 11.3 Å². The SMILES string of the molecule is CC1=C(C(=O)Nc2ccccc2)C(c2ccc(F)cc2)n2c(s/c(=C/c3ccc(OC(F)F)cc3)c2=O)=N1. The molecule has 38 heavy (non-hydrogen) atoms. The molecule has 0 aliphatic carbocycles. The monoisotopic (exact) mass is 535 g/mol. The molecule has 1 unspecified atom stereocenters. The van der Waals surface area contributed by atoms with E-state index in [-0.39, 0.29) is 11.3 Å². The molecule has 5 rings (SSSR count). The predicted octanol–water partition coefficient (Wildman–Crippen LogP) is 4.61. The number of aromatic nitrogens is 1. The van der Waals surface area contributed by atoms with Crippen LogP contribution in [0.3, 0.4) is 0 Å². The predicted molar refractivity (Wildman–Crippen MR) is 138 cm³/mol. The number of fused-ring (bicyclic) bond motifs is 1. The maximum absolute atomic E-state index is 13.8. The van der Waals surface area contributed by atoms with Crippen LogP contribution in [-0.2, 0) is 4.79 Å². The summed E-state index contributed by atoms with van der Waals surface area (Å²) in [6.07, 6.45) is 1.61. The number of nitrogens with one attached hydrogen (secondary N) is 1. The lowest BCUT2D eigenvalue weighted by atomic mass is 9.95. The van der Waals surface area contributed by atoms with Gasteiger partial charge in [-0.15, -0.1) is 0 Å². The second-order valence-corrected chi connectivity index (χ2v) is 9.41. The minimum absolute atomic E-state index is 0.000357. The molecule has 0 saturated heterocycles. The summed E-state index contributed by atoms with van der Waals surface area (Å²) in [6, 6.07) is 19.5. The van der Waals surface area contributed by atoms with Crippen molar-refractivity contribution in [1.82, 2.24) is 4.57 Å². The molecule has 1 aliphatic rings. The maximum atomic E-state index is 13.8. The van der Waals surface area contributed by atoms with Crippen molar-refractivity contribution in [3.8, 4) is 5.75 Å². The van der Waals surface area contributed by atoms with Crippen LogP contribution < -0.4 is 24.9 Å². The van der Waals surface area contributed by atoms with Gasteiger partial charge >= 0.3 is 6.61 Å². The number of para-hydroxylation sites is 1. The first-order valence-corrected chi connectivity index (χ1v) is 12.3. The zero-order valence-corrected chi connectivity index (χ0v) is 20.7. The van der Waals surface area contributed by atoms with Crippen LogP contribution in [0.25, 0.3) is 6.08 Å². The molecule has 0 saturated carbocycles. The Bertz CT molecular complexity index is 1690. The summed E-state index contributed by atoms with van der Waals surface area (Å²) in [4.78, 5) is 32.0. The number of hydrogen-bond acceptors (Lipinski definition) is 5. The van der Waals surface area contributed by atoms with Gasteiger partial charge in [0.1, 0.15) is 11.6 Å². The Morgan fingerprint density at radius 1 is 1.05 bits per heavy atom. The fourth-order valence-corrected chi connectivity index (χ4v) is 5.24. The molecule has 1 N–H and O–H groups in total. The summed E-state index contributed by atoms with van der Waals surface area (Å²) in [5, 5.41) is 2.85. The van der Waals surface area contributed by atoms with E-state index in [4.69, 9.17) is 0 Å². The lowest BCUT2D eigenvalue weighted by Crippen LogP contribution is -2.40. The van der Waals surface area contributed by atoms with Crippen molar-refractivity contribution in [2.24, 2.45) is 4.99 Å². The minimum atomic E-state index is -2.94. The van der Waals surface area contributed by atoms with E-state index in [1.54, 1.807) is 49.4 Å². The van der Waals surface area contributed by atoms with E-state index in [1.807, 2.05) is 6.07 Å². The topological polar surface area (TPSA) is 72.7 Å². The highest BCUT2D eigenvalue weighted by molar-refractivity contribution is 7.07. The Kier molecular flexibility index (Phi) is 6.97. The number of rotatable bonds is 6. The van der Waals surface area contributed by atoms with Gasteiger partial charge in [-0.1, -0.05) is 53.8 Å². The van der Waals surface area contributed by atoms with Gasteiger partial charge in [0.2, 0.25) is 0 Å². The minimum Gasteiger partial charge on any atom is -0.435 e. The number of thiazole rings is 1. The quantitative estimate of drug-likeness (QED) is 0.392. The second-order valence-electron chi connectivity index (χ2n) is 8.40. The van der Waals surface area contributed by atoms with Gasteiger partial charge in [-0.05, 0) is 60.5 Å². The van der Waals surface area contributed by atoms with E-state index < -0.39 is 29.9 Å². The number of alkyl halides is 2. The van der Waals surface area contributed by atoms with E-state index in [0.29, 0.717) is 31.8 Å². The Morgan fingerprint density at radius 3 is 2.39 bits per heavy atom. The standard InChI is InChI=1S/C28H20F3N3O3S/c1-16-23(25(35)33-20-5-3-2-4-6-20)24(18-9-11-19(29)12-10-18)34-26(36)22(38-28(34)32-16)15-17-7-13-21(14-8-17)37-27(30)31/h2-15,24,27H,1H3,(H,33,35)/b22-15+. The molecule has 1 amide bonds. The van der Waals surface area contributed by atoms with Crippen LogP contribution in [0.1, 0.15) is 24.1 Å². The van der Waals surface area contributed by atoms with Crippen molar-refractivity contribution in [2.45, 2.75) is 19.6 Å². The highest BCUT2D eigenvalue weighted by Crippen LogP contribution is 2.31. The molecular weight excluding hydrogens is 515 g/mol. The summed E-state index contributed by atoms with van der Waals surface area (Å²) >= 11 is 1.13. The number of halogens is 3. The van der Waals surface area contributed by atoms with Crippen LogP contribution in [0, 0.1) is 5.82 Å². The van der Waals surface area contributed by atoms with Crippen molar-refractivity contribution in [1.29, 1.82) is 0 Å².